The predicted molar refractivity (Wildman–Crippen MR) is 275 cm³/mol. The molecular weight excluding hydrogens is 896 g/mol. The lowest BCUT2D eigenvalue weighted by atomic mass is 10.0. The summed E-state index contributed by atoms with van der Waals surface area (Å²) in [5.41, 5.74) is 8.75. The van der Waals surface area contributed by atoms with Crippen LogP contribution in [0.25, 0.3) is 11.1 Å². The number of rotatable bonds is 17. The highest BCUT2D eigenvalue weighted by Crippen LogP contribution is 2.40. The summed E-state index contributed by atoms with van der Waals surface area (Å²) in [6.07, 6.45) is 9.21. The molecule has 0 atom stereocenters. The van der Waals surface area contributed by atoms with E-state index in [4.69, 9.17) is 9.47 Å². The second kappa shape index (κ2) is 24.9. The van der Waals surface area contributed by atoms with Gasteiger partial charge in [-0.25, -0.2) is 19.9 Å². The van der Waals surface area contributed by atoms with Gasteiger partial charge in [0.25, 0.3) is 5.69 Å². The third-order valence-electron chi connectivity index (χ3n) is 11.1. The highest BCUT2D eigenvalue weighted by atomic mass is 19.1. The molecule has 2 heterocycles. The quantitative estimate of drug-likeness (QED) is 0.0578. The van der Waals surface area contributed by atoms with Crippen LogP contribution in [0.15, 0.2) is 109 Å². The fraction of sp³-hybridized carbons (Fsp3) is 0.294. The zero-order chi connectivity index (χ0) is 49.6. The zero-order valence-corrected chi connectivity index (χ0v) is 40.0. The Hall–Kier alpha value is -7.87. The van der Waals surface area contributed by atoms with Crippen LogP contribution in [0.5, 0.6) is 11.5 Å². The van der Waals surface area contributed by atoms with E-state index in [1.165, 1.54) is 31.4 Å². The number of likely N-dealkylation sites (N-methyl/N-ethyl adjacent to an activating group) is 4. The minimum absolute atomic E-state index is 0. The van der Waals surface area contributed by atoms with Crippen LogP contribution in [0.2, 0.25) is 0 Å². The van der Waals surface area contributed by atoms with Crippen molar-refractivity contribution in [2.45, 2.75) is 20.3 Å². The maximum absolute atomic E-state index is 13.8. The van der Waals surface area contributed by atoms with Crippen molar-refractivity contribution in [1.82, 2.24) is 35.1 Å². The van der Waals surface area contributed by atoms with Gasteiger partial charge in [0.1, 0.15) is 17.2 Å². The predicted octanol–water partition coefficient (Wildman–Crippen LogP) is 8.79. The van der Waals surface area contributed by atoms with Crippen LogP contribution in [0.1, 0.15) is 41.1 Å². The van der Waals surface area contributed by atoms with Crippen molar-refractivity contribution in [1.29, 1.82) is 0 Å². The molecule has 4 aromatic carbocycles. The lowest BCUT2D eigenvalue weighted by Gasteiger charge is -2.22. The average Bonchev–Trinajstić information content (AvgIpc) is 3.98. The van der Waals surface area contributed by atoms with Crippen molar-refractivity contribution in [2.24, 2.45) is 0 Å². The molecular formula is C51H61FN12O6. The highest BCUT2D eigenvalue weighted by Gasteiger charge is 2.24. The Morgan fingerprint density at radius 2 is 1.13 bits per heavy atom. The number of benzene rings is 4. The molecule has 0 saturated heterocycles. The first-order valence-electron chi connectivity index (χ1n) is 22.0. The SMILES string of the molecule is C.CNCCN(C)C.COc1cc(F)c([N+](=O)[O-])cc1Nc1nccc(C2=CCc3ccccc32)n1.COc1cc(N(C)CCN(C)C)c([N+](=O)[O-])cc1Nc1nccc(C2=CCc3ccccc32)n1. The molecule has 0 fully saturated rings. The summed E-state index contributed by atoms with van der Waals surface area (Å²) in [7, 11) is 14.7. The third kappa shape index (κ3) is 13.4. The molecule has 0 unspecified atom stereocenters. The molecule has 3 N–H and O–H groups in total. The van der Waals surface area contributed by atoms with E-state index in [1.54, 1.807) is 24.5 Å². The first-order chi connectivity index (χ1) is 33.2. The normalized spacial score (nSPS) is 11.9. The molecule has 0 aliphatic heterocycles. The van der Waals surface area contributed by atoms with Crippen molar-refractivity contribution < 1.29 is 23.7 Å². The van der Waals surface area contributed by atoms with Crippen molar-refractivity contribution in [3.8, 4) is 11.5 Å². The van der Waals surface area contributed by atoms with E-state index < -0.39 is 16.4 Å². The minimum atomic E-state index is -0.977. The van der Waals surface area contributed by atoms with Gasteiger partial charge in [-0.1, -0.05) is 68.1 Å². The Labute approximate surface area is 408 Å². The molecule has 0 saturated carbocycles. The van der Waals surface area contributed by atoms with Crippen LogP contribution in [-0.4, -0.2) is 122 Å². The highest BCUT2D eigenvalue weighted by molar-refractivity contribution is 5.85. The van der Waals surface area contributed by atoms with Gasteiger partial charge < -0.3 is 40.1 Å². The molecule has 70 heavy (non-hydrogen) atoms. The number of aromatic nitrogens is 4. The average molecular weight is 957 g/mol. The molecule has 6 aromatic rings. The summed E-state index contributed by atoms with van der Waals surface area (Å²) < 4.78 is 24.5. The Morgan fingerprint density at radius 1 is 0.657 bits per heavy atom. The van der Waals surface area contributed by atoms with Gasteiger partial charge in [0.2, 0.25) is 17.7 Å². The van der Waals surface area contributed by atoms with Crippen molar-refractivity contribution >= 4 is 51.5 Å². The first kappa shape index (κ1) is 53.1. The number of nitro benzene ring substituents is 2. The summed E-state index contributed by atoms with van der Waals surface area (Å²) in [6, 6.07) is 25.1. The lowest BCUT2D eigenvalue weighted by Crippen LogP contribution is -2.28. The standard InChI is InChI=1S/C25H28N6O3.C20H15FN4O3.C5H14N2.CH4/c1-29(2)13-14-30(3)22-16-24(34-4)21(15-23(22)31(32)33)28-25-26-12-11-20(27-25)19-10-9-17-7-5-6-8-18(17)19;1-28-19-10-15(21)18(25(26)27)11-17(19)24-20-22-9-8-16(23-20)14-7-6-12-4-2-3-5-13(12)14;1-6-4-5-7(2)3;/h5-8,10-12,15-16H,9,13-14H2,1-4H3,(H,26,27,28);2-5,7-11H,6H2,1H3,(H,22,23,24);6H,4-5H2,1-3H3;1H4. The fourth-order valence-corrected chi connectivity index (χ4v) is 7.46. The summed E-state index contributed by atoms with van der Waals surface area (Å²) >= 11 is 0. The van der Waals surface area contributed by atoms with Crippen LogP contribution in [-0.2, 0) is 12.8 Å². The second-order valence-corrected chi connectivity index (χ2v) is 16.4. The van der Waals surface area contributed by atoms with Crippen molar-refractivity contribution in [3.05, 3.63) is 169 Å². The molecule has 0 amide bonds. The van der Waals surface area contributed by atoms with Gasteiger partial charge in [0.05, 0.1) is 46.8 Å². The van der Waals surface area contributed by atoms with E-state index in [1.807, 2.05) is 74.4 Å². The number of halogens is 1. The number of hydrogen-bond acceptors (Lipinski definition) is 16. The van der Waals surface area contributed by atoms with Crippen LogP contribution in [0.4, 0.5) is 44.7 Å². The van der Waals surface area contributed by atoms with Gasteiger partial charge in [-0.05, 0) is 82.5 Å². The second-order valence-electron chi connectivity index (χ2n) is 16.4. The van der Waals surface area contributed by atoms with Gasteiger partial charge in [0, 0.05) is 81.0 Å². The molecule has 19 heteroatoms. The molecule has 0 radical (unpaired) electrons. The molecule has 2 aromatic heterocycles. The molecule has 0 spiro atoms. The van der Waals surface area contributed by atoms with E-state index >= 15 is 0 Å². The number of nitro groups is 2. The maximum atomic E-state index is 13.8. The van der Waals surface area contributed by atoms with Gasteiger partial charge in [-0.15, -0.1) is 0 Å². The first-order valence-corrected chi connectivity index (χ1v) is 22.0. The van der Waals surface area contributed by atoms with Crippen LogP contribution in [0.3, 0.4) is 0 Å². The van der Waals surface area contributed by atoms with Gasteiger partial charge in [0.15, 0.2) is 0 Å². The van der Waals surface area contributed by atoms with Gasteiger partial charge in [-0.2, -0.15) is 4.39 Å². The minimum Gasteiger partial charge on any atom is -0.494 e. The molecule has 2 aliphatic carbocycles. The topological polar surface area (TPSA) is 202 Å². The monoisotopic (exact) mass is 956 g/mol. The molecule has 0 bridgehead atoms. The Balaban J connectivity index is 0.000000230. The Kier molecular flexibility index (Phi) is 18.9. The van der Waals surface area contributed by atoms with Crippen molar-refractivity contribution in [2.75, 3.05) is 98.2 Å². The maximum Gasteiger partial charge on any atom is 0.307 e. The molecule has 18 nitrogen and oxygen atoms in total. The molecule has 2 aliphatic rings. The van der Waals surface area contributed by atoms with E-state index in [0.29, 0.717) is 29.6 Å². The van der Waals surface area contributed by atoms with Crippen molar-refractivity contribution in [3.63, 3.8) is 0 Å². The van der Waals surface area contributed by atoms with Crippen LogP contribution in [0, 0.1) is 26.0 Å². The number of ether oxygens (including phenoxy) is 2. The largest absolute Gasteiger partial charge is 0.494 e. The van der Waals surface area contributed by atoms with E-state index in [0.717, 1.165) is 78.3 Å². The zero-order valence-electron chi connectivity index (χ0n) is 40.0. The van der Waals surface area contributed by atoms with E-state index in [2.05, 4.69) is 85.2 Å². The number of hydrogen-bond donors (Lipinski definition) is 3. The Morgan fingerprint density at radius 3 is 1.57 bits per heavy atom. The number of fused-ring (bicyclic) bond motifs is 2. The summed E-state index contributed by atoms with van der Waals surface area (Å²) in [4.78, 5) is 45.4. The summed E-state index contributed by atoms with van der Waals surface area (Å²) in [5, 5.41) is 32.0. The number of methoxy groups -OCH3 is 2. The van der Waals surface area contributed by atoms with E-state index in [9.17, 15) is 24.6 Å². The lowest BCUT2D eigenvalue weighted by molar-refractivity contribution is -0.387. The number of nitrogens with zero attached hydrogens (tertiary/aromatic N) is 9. The van der Waals surface area contributed by atoms with Crippen LogP contribution < -0.4 is 30.3 Å². The number of anilines is 5. The number of nitrogens with one attached hydrogen (secondary N) is 3. The smallest absolute Gasteiger partial charge is 0.307 e. The molecule has 368 valence electrons. The number of allylic oxidation sites excluding steroid dienone is 2. The fourth-order valence-electron chi connectivity index (χ4n) is 7.46. The Bertz CT molecular complexity index is 2840. The van der Waals surface area contributed by atoms with E-state index in [-0.39, 0.29) is 35.4 Å². The summed E-state index contributed by atoms with van der Waals surface area (Å²) in [6.45, 7) is 3.59. The van der Waals surface area contributed by atoms with Gasteiger partial charge >= 0.3 is 5.69 Å². The molecule has 8 rings (SSSR count). The van der Waals surface area contributed by atoms with Gasteiger partial charge in [-0.3, -0.25) is 20.2 Å². The summed E-state index contributed by atoms with van der Waals surface area (Å²) in [5.74, 6) is 0.167. The van der Waals surface area contributed by atoms with Crippen LogP contribution >= 0.6 is 0 Å². The third-order valence-corrected chi connectivity index (χ3v) is 11.1.